The Morgan fingerprint density at radius 3 is 2.48 bits per heavy atom. The number of aryl methyl sites for hydroxylation is 2. The first-order valence-corrected chi connectivity index (χ1v) is 9.53. The molecule has 1 amide bonds. The number of anilines is 1. The van der Waals surface area contributed by atoms with Gasteiger partial charge in [-0.05, 0) is 38.8 Å². The van der Waals surface area contributed by atoms with Crippen molar-refractivity contribution >= 4 is 32.4 Å². The number of hydrogen-bond acceptors (Lipinski definition) is 5. The SMILES string of the molecule is Cc1ccc(S(=O)(=O)Nc2nc(C)c(C(=O)NC3CC3)s2)cc1. The molecule has 1 fully saturated rings. The van der Waals surface area contributed by atoms with E-state index in [9.17, 15) is 13.2 Å². The normalized spacial score (nSPS) is 14.5. The second-order valence-corrected chi connectivity index (χ2v) is 8.28. The predicted molar refractivity (Wildman–Crippen MR) is 89.3 cm³/mol. The smallest absolute Gasteiger partial charge is 0.263 e. The molecule has 0 bridgehead atoms. The van der Waals surface area contributed by atoms with E-state index in [1.165, 1.54) is 0 Å². The van der Waals surface area contributed by atoms with E-state index in [4.69, 9.17) is 0 Å². The molecule has 6 nitrogen and oxygen atoms in total. The Hall–Kier alpha value is -1.93. The van der Waals surface area contributed by atoms with E-state index in [2.05, 4.69) is 15.0 Å². The molecular weight excluding hydrogens is 334 g/mol. The third-order valence-electron chi connectivity index (χ3n) is 3.47. The molecule has 2 aromatic rings. The van der Waals surface area contributed by atoms with Crippen LogP contribution in [0.5, 0.6) is 0 Å². The fourth-order valence-electron chi connectivity index (χ4n) is 2.02. The van der Waals surface area contributed by atoms with Gasteiger partial charge in [0.1, 0.15) is 4.88 Å². The molecule has 1 saturated carbocycles. The van der Waals surface area contributed by atoms with Crippen LogP contribution in [-0.4, -0.2) is 25.4 Å². The predicted octanol–water partition coefficient (Wildman–Crippen LogP) is 2.45. The van der Waals surface area contributed by atoms with Crippen molar-refractivity contribution < 1.29 is 13.2 Å². The van der Waals surface area contributed by atoms with Crippen molar-refractivity contribution in [3.8, 4) is 0 Å². The highest BCUT2D eigenvalue weighted by Crippen LogP contribution is 2.27. The lowest BCUT2D eigenvalue weighted by molar-refractivity contribution is 0.0954. The number of hydrogen-bond donors (Lipinski definition) is 2. The molecule has 122 valence electrons. The average Bonchev–Trinajstić information content (AvgIpc) is 3.21. The third kappa shape index (κ3) is 3.70. The number of carbonyl (C=O) groups excluding carboxylic acids is 1. The van der Waals surface area contributed by atoms with Crippen LogP contribution in [0.15, 0.2) is 29.2 Å². The van der Waals surface area contributed by atoms with Crippen LogP contribution in [-0.2, 0) is 10.0 Å². The van der Waals surface area contributed by atoms with Crippen molar-refractivity contribution in [3.05, 3.63) is 40.4 Å². The lowest BCUT2D eigenvalue weighted by atomic mass is 10.2. The average molecular weight is 351 g/mol. The van der Waals surface area contributed by atoms with E-state index in [0.29, 0.717) is 10.6 Å². The van der Waals surface area contributed by atoms with Gasteiger partial charge < -0.3 is 5.32 Å². The van der Waals surface area contributed by atoms with Gasteiger partial charge >= 0.3 is 0 Å². The Morgan fingerprint density at radius 2 is 1.87 bits per heavy atom. The molecule has 1 aromatic carbocycles. The zero-order valence-corrected chi connectivity index (χ0v) is 14.4. The summed E-state index contributed by atoms with van der Waals surface area (Å²) >= 11 is 1.05. The summed E-state index contributed by atoms with van der Waals surface area (Å²) in [5.41, 5.74) is 1.50. The van der Waals surface area contributed by atoms with Gasteiger partial charge in [0.2, 0.25) is 0 Å². The molecule has 1 aliphatic carbocycles. The van der Waals surface area contributed by atoms with Crippen LogP contribution in [0.1, 0.15) is 33.8 Å². The van der Waals surface area contributed by atoms with E-state index in [0.717, 1.165) is 29.7 Å². The molecule has 2 N–H and O–H groups in total. The van der Waals surface area contributed by atoms with E-state index in [1.807, 2.05) is 6.92 Å². The number of sulfonamides is 1. The highest BCUT2D eigenvalue weighted by molar-refractivity contribution is 7.93. The summed E-state index contributed by atoms with van der Waals surface area (Å²) in [7, 11) is -3.70. The van der Waals surface area contributed by atoms with Crippen LogP contribution in [0.3, 0.4) is 0 Å². The number of carbonyl (C=O) groups is 1. The lowest BCUT2D eigenvalue weighted by Gasteiger charge is -2.05. The Morgan fingerprint density at radius 1 is 1.22 bits per heavy atom. The molecule has 1 aliphatic rings. The first kappa shape index (κ1) is 15.9. The molecule has 3 rings (SSSR count). The molecule has 0 saturated heterocycles. The van der Waals surface area contributed by atoms with Gasteiger partial charge in [0.05, 0.1) is 10.6 Å². The Balaban J connectivity index is 1.79. The Kier molecular flexibility index (Phi) is 4.11. The first-order valence-electron chi connectivity index (χ1n) is 7.23. The molecule has 1 aromatic heterocycles. The van der Waals surface area contributed by atoms with Crippen molar-refractivity contribution in [2.45, 2.75) is 37.6 Å². The molecule has 0 aliphatic heterocycles. The van der Waals surface area contributed by atoms with Crippen molar-refractivity contribution in [3.63, 3.8) is 0 Å². The molecule has 8 heteroatoms. The third-order valence-corrected chi connectivity index (χ3v) is 6.02. The van der Waals surface area contributed by atoms with Crippen LogP contribution in [0.4, 0.5) is 5.13 Å². The van der Waals surface area contributed by atoms with Gasteiger partial charge in [-0.15, -0.1) is 0 Å². The highest BCUT2D eigenvalue weighted by atomic mass is 32.2. The quantitative estimate of drug-likeness (QED) is 0.866. The van der Waals surface area contributed by atoms with E-state index in [1.54, 1.807) is 31.2 Å². The maximum atomic E-state index is 12.3. The minimum absolute atomic E-state index is 0.167. The minimum Gasteiger partial charge on any atom is -0.349 e. The van der Waals surface area contributed by atoms with Crippen LogP contribution < -0.4 is 10.0 Å². The summed E-state index contributed by atoms with van der Waals surface area (Å²) in [6, 6.07) is 6.79. The molecule has 0 radical (unpaired) electrons. The van der Waals surface area contributed by atoms with Gasteiger partial charge in [0, 0.05) is 6.04 Å². The van der Waals surface area contributed by atoms with E-state index < -0.39 is 10.0 Å². The summed E-state index contributed by atoms with van der Waals surface area (Å²) in [5.74, 6) is -0.191. The van der Waals surface area contributed by atoms with Crippen LogP contribution in [0, 0.1) is 13.8 Å². The molecular formula is C15H17N3O3S2. The van der Waals surface area contributed by atoms with E-state index in [-0.39, 0.29) is 22.0 Å². The van der Waals surface area contributed by atoms with Gasteiger partial charge in [0.15, 0.2) is 5.13 Å². The number of rotatable bonds is 5. The monoisotopic (exact) mass is 351 g/mol. The molecule has 1 heterocycles. The second kappa shape index (κ2) is 5.93. The topological polar surface area (TPSA) is 88.2 Å². The fourth-order valence-corrected chi connectivity index (χ4v) is 4.13. The first-order chi connectivity index (χ1) is 10.8. The maximum absolute atomic E-state index is 12.3. The van der Waals surface area contributed by atoms with Gasteiger partial charge in [-0.25, -0.2) is 13.4 Å². The molecule has 0 atom stereocenters. The number of nitrogens with one attached hydrogen (secondary N) is 2. The maximum Gasteiger partial charge on any atom is 0.263 e. The van der Waals surface area contributed by atoms with Gasteiger partial charge in [-0.2, -0.15) is 0 Å². The summed E-state index contributed by atoms with van der Waals surface area (Å²) in [5, 5.41) is 3.08. The van der Waals surface area contributed by atoms with Crippen molar-refractivity contribution in [1.82, 2.24) is 10.3 Å². The molecule has 23 heavy (non-hydrogen) atoms. The van der Waals surface area contributed by atoms with Gasteiger partial charge in [0.25, 0.3) is 15.9 Å². The van der Waals surface area contributed by atoms with Crippen LogP contribution >= 0.6 is 11.3 Å². The number of amides is 1. The summed E-state index contributed by atoms with van der Waals surface area (Å²) < 4.78 is 27.1. The minimum atomic E-state index is -3.70. The van der Waals surface area contributed by atoms with Crippen molar-refractivity contribution in [2.24, 2.45) is 0 Å². The summed E-state index contributed by atoms with van der Waals surface area (Å²) in [6.45, 7) is 3.58. The Labute approximate surface area is 139 Å². The molecule has 0 unspecified atom stereocenters. The van der Waals surface area contributed by atoms with Gasteiger partial charge in [-0.1, -0.05) is 29.0 Å². The van der Waals surface area contributed by atoms with Crippen molar-refractivity contribution in [2.75, 3.05) is 4.72 Å². The molecule has 0 spiro atoms. The zero-order valence-electron chi connectivity index (χ0n) is 12.8. The van der Waals surface area contributed by atoms with E-state index >= 15 is 0 Å². The fraction of sp³-hybridized carbons (Fsp3) is 0.333. The zero-order chi connectivity index (χ0) is 16.6. The second-order valence-electron chi connectivity index (χ2n) is 5.60. The number of thiazole rings is 1. The van der Waals surface area contributed by atoms with Crippen LogP contribution in [0.25, 0.3) is 0 Å². The Bertz CT molecular complexity index is 837. The largest absolute Gasteiger partial charge is 0.349 e. The highest BCUT2D eigenvalue weighted by Gasteiger charge is 2.26. The standard InChI is InChI=1S/C15H17N3O3S2/c1-9-3-7-12(8-4-9)23(20,21)18-15-16-10(2)13(22-15)14(19)17-11-5-6-11/h3-4,7-8,11H,5-6H2,1-2H3,(H,16,18)(H,17,19). The summed E-state index contributed by atoms with van der Waals surface area (Å²) in [4.78, 5) is 16.8. The number of aromatic nitrogens is 1. The van der Waals surface area contributed by atoms with Crippen LogP contribution in [0.2, 0.25) is 0 Å². The summed E-state index contributed by atoms with van der Waals surface area (Å²) in [6.07, 6.45) is 1.99. The van der Waals surface area contributed by atoms with Gasteiger partial charge in [-0.3, -0.25) is 9.52 Å². The number of benzene rings is 1. The van der Waals surface area contributed by atoms with Crippen molar-refractivity contribution in [1.29, 1.82) is 0 Å². The number of nitrogens with zero attached hydrogens (tertiary/aromatic N) is 1. The lowest BCUT2D eigenvalue weighted by Crippen LogP contribution is -2.25.